The maximum Gasteiger partial charge on any atom is 0.270 e. The highest BCUT2D eigenvalue weighted by Crippen LogP contribution is 2.23. The van der Waals surface area contributed by atoms with Gasteiger partial charge < -0.3 is 15.5 Å². The Kier molecular flexibility index (Phi) is 6.01. The highest BCUT2D eigenvalue weighted by Gasteiger charge is 2.20. The minimum atomic E-state index is -0.0841. The second-order valence-corrected chi connectivity index (χ2v) is 9.24. The second kappa shape index (κ2) is 8.71. The monoisotopic (exact) mass is 419 g/mol. The first-order chi connectivity index (χ1) is 14.9. The summed E-state index contributed by atoms with van der Waals surface area (Å²) in [6.07, 6.45) is 2.69. The minimum Gasteiger partial charge on any atom is -0.369 e. The normalized spacial score (nSPS) is 14.8. The molecule has 2 aromatic heterocycles. The van der Waals surface area contributed by atoms with Gasteiger partial charge in [0.1, 0.15) is 11.3 Å². The van der Waals surface area contributed by atoms with Crippen LogP contribution in [0, 0.1) is 0 Å². The zero-order chi connectivity index (χ0) is 22.0. The molecule has 6 nitrogen and oxygen atoms in total. The van der Waals surface area contributed by atoms with E-state index >= 15 is 0 Å². The number of aryl methyl sites for hydroxylation is 1. The van der Waals surface area contributed by atoms with Gasteiger partial charge in [-0.1, -0.05) is 52.0 Å². The molecule has 0 bridgehead atoms. The number of pyridine rings is 1. The van der Waals surface area contributed by atoms with Crippen molar-refractivity contribution < 1.29 is 4.79 Å². The lowest BCUT2D eigenvalue weighted by Crippen LogP contribution is -2.43. The molecular weight excluding hydrogens is 386 g/mol. The van der Waals surface area contributed by atoms with Gasteiger partial charge in [-0.25, -0.2) is 4.98 Å². The highest BCUT2D eigenvalue weighted by atomic mass is 16.1. The summed E-state index contributed by atoms with van der Waals surface area (Å²) >= 11 is 0. The van der Waals surface area contributed by atoms with Crippen molar-refractivity contribution in [3.05, 3.63) is 65.1 Å². The van der Waals surface area contributed by atoms with Gasteiger partial charge in [0, 0.05) is 50.7 Å². The number of aromatic nitrogens is 2. The van der Waals surface area contributed by atoms with Gasteiger partial charge in [-0.3, -0.25) is 9.20 Å². The number of rotatable bonds is 5. The number of carbonyl (C=O) groups is 1. The van der Waals surface area contributed by atoms with E-state index in [1.165, 1.54) is 5.56 Å². The van der Waals surface area contributed by atoms with Gasteiger partial charge in [0.25, 0.3) is 5.91 Å². The number of imidazole rings is 1. The molecule has 164 valence electrons. The summed E-state index contributed by atoms with van der Waals surface area (Å²) in [5, 5.41) is 6.47. The van der Waals surface area contributed by atoms with Crippen LogP contribution in [0.4, 0.5) is 5.69 Å². The Morgan fingerprint density at radius 3 is 2.48 bits per heavy atom. The average Bonchev–Trinajstić information content (AvgIpc) is 3.15. The SMILES string of the molecule is CCc1nc2cc(N3CCNCC3)ccn2c1C(=O)NCc1ccc(C(C)(C)C)cc1. The number of fused-ring (bicyclic) bond motifs is 1. The molecular formula is C25H33N5O. The predicted molar refractivity (Wildman–Crippen MR) is 126 cm³/mol. The first kappa shape index (κ1) is 21.4. The summed E-state index contributed by atoms with van der Waals surface area (Å²) < 4.78 is 1.92. The Labute approximate surface area is 184 Å². The number of hydrogen-bond donors (Lipinski definition) is 2. The zero-order valence-electron chi connectivity index (χ0n) is 19.0. The third-order valence-corrected chi connectivity index (χ3v) is 5.99. The van der Waals surface area contributed by atoms with Crippen LogP contribution in [-0.2, 0) is 18.4 Å². The van der Waals surface area contributed by atoms with E-state index < -0.39 is 0 Å². The molecule has 0 atom stereocenters. The number of nitrogens with zero attached hydrogens (tertiary/aromatic N) is 3. The van der Waals surface area contributed by atoms with Gasteiger partial charge in [-0.15, -0.1) is 0 Å². The number of anilines is 1. The third kappa shape index (κ3) is 4.59. The summed E-state index contributed by atoms with van der Waals surface area (Å²) in [7, 11) is 0. The molecule has 4 rings (SSSR count). The molecule has 2 N–H and O–H groups in total. The topological polar surface area (TPSA) is 61.7 Å². The molecule has 1 aliphatic heterocycles. The van der Waals surface area contributed by atoms with Gasteiger partial charge in [0.2, 0.25) is 0 Å². The van der Waals surface area contributed by atoms with Gasteiger partial charge in [0.15, 0.2) is 0 Å². The lowest BCUT2D eigenvalue weighted by atomic mass is 9.87. The van der Waals surface area contributed by atoms with Crippen molar-refractivity contribution in [3.8, 4) is 0 Å². The number of amides is 1. The number of carbonyl (C=O) groups excluding carboxylic acids is 1. The largest absolute Gasteiger partial charge is 0.369 e. The van der Waals surface area contributed by atoms with Crippen molar-refractivity contribution in [1.82, 2.24) is 20.0 Å². The molecule has 3 aromatic rings. The van der Waals surface area contributed by atoms with Gasteiger partial charge >= 0.3 is 0 Å². The van der Waals surface area contributed by atoms with Crippen LogP contribution in [0.5, 0.6) is 0 Å². The number of hydrogen-bond acceptors (Lipinski definition) is 4. The van der Waals surface area contributed by atoms with Crippen molar-refractivity contribution in [1.29, 1.82) is 0 Å². The van der Waals surface area contributed by atoms with E-state index in [-0.39, 0.29) is 11.3 Å². The lowest BCUT2D eigenvalue weighted by molar-refractivity contribution is 0.0944. The summed E-state index contributed by atoms with van der Waals surface area (Å²) in [5.41, 5.74) is 5.96. The van der Waals surface area contributed by atoms with E-state index in [4.69, 9.17) is 4.98 Å². The van der Waals surface area contributed by atoms with Crippen LogP contribution in [0.3, 0.4) is 0 Å². The van der Waals surface area contributed by atoms with Gasteiger partial charge in [-0.2, -0.15) is 0 Å². The zero-order valence-corrected chi connectivity index (χ0v) is 19.0. The Morgan fingerprint density at radius 2 is 1.84 bits per heavy atom. The molecule has 0 unspecified atom stereocenters. The summed E-state index contributed by atoms with van der Waals surface area (Å²) in [6, 6.07) is 12.6. The first-order valence-electron chi connectivity index (χ1n) is 11.2. The van der Waals surface area contributed by atoms with Crippen molar-refractivity contribution in [2.24, 2.45) is 0 Å². The molecule has 0 spiro atoms. The maximum atomic E-state index is 13.1. The molecule has 0 saturated carbocycles. The van der Waals surface area contributed by atoms with E-state index in [1.54, 1.807) is 0 Å². The van der Waals surface area contributed by atoms with Crippen molar-refractivity contribution in [2.75, 3.05) is 31.1 Å². The Bertz CT molecular complexity index is 1060. The first-order valence-corrected chi connectivity index (χ1v) is 11.2. The smallest absolute Gasteiger partial charge is 0.270 e. The summed E-state index contributed by atoms with van der Waals surface area (Å²) in [4.78, 5) is 20.2. The van der Waals surface area contributed by atoms with Crippen molar-refractivity contribution >= 4 is 17.2 Å². The molecule has 3 heterocycles. The molecule has 1 fully saturated rings. The Morgan fingerprint density at radius 1 is 1.13 bits per heavy atom. The predicted octanol–water partition coefficient (Wildman–Crippen LogP) is 3.53. The molecule has 0 aliphatic carbocycles. The molecule has 1 aromatic carbocycles. The number of benzene rings is 1. The quantitative estimate of drug-likeness (QED) is 0.664. The van der Waals surface area contributed by atoms with Crippen LogP contribution >= 0.6 is 0 Å². The van der Waals surface area contributed by atoms with E-state index in [2.05, 4.69) is 72.7 Å². The van der Waals surface area contributed by atoms with Crippen molar-refractivity contribution in [3.63, 3.8) is 0 Å². The maximum absolute atomic E-state index is 13.1. The Balaban J connectivity index is 1.52. The van der Waals surface area contributed by atoms with Crippen LogP contribution in [0.1, 0.15) is 55.0 Å². The molecule has 0 radical (unpaired) electrons. The van der Waals surface area contributed by atoms with E-state index in [0.29, 0.717) is 18.7 Å². The molecule has 31 heavy (non-hydrogen) atoms. The van der Waals surface area contributed by atoms with Crippen molar-refractivity contribution in [2.45, 2.75) is 46.1 Å². The fourth-order valence-corrected chi connectivity index (χ4v) is 4.08. The Hall–Kier alpha value is -2.86. The van der Waals surface area contributed by atoms with Crippen LogP contribution in [-0.4, -0.2) is 41.5 Å². The van der Waals surface area contributed by atoms with Crippen LogP contribution in [0.2, 0.25) is 0 Å². The lowest BCUT2D eigenvalue weighted by Gasteiger charge is -2.29. The van der Waals surface area contributed by atoms with Gasteiger partial charge in [-0.05, 0) is 29.0 Å². The fraction of sp³-hybridized carbons (Fsp3) is 0.440. The van der Waals surface area contributed by atoms with E-state index in [0.717, 1.165) is 48.8 Å². The standard InChI is InChI=1S/C25H33N5O/c1-5-21-23(24(31)27-17-18-6-8-19(9-7-18)25(2,3)4)30-13-10-20(16-22(30)28-21)29-14-11-26-12-15-29/h6-10,13,16,26H,5,11-12,14-15,17H2,1-4H3,(H,27,31). The molecule has 1 saturated heterocycles. The van der Waals surface area contributed by atoms with Crippen LogP contribution in [0.25, 0.3) is 5.65 Å². The second-order valence-electron chi connectivity index (χ2n) is 9.24. The van der Waals surface area contributed by atoms with E-state index in [9.17, 15) is 4.79 Å². The third-order valence-electron chi connectivity index (χ3n) is 5.99. The average molecular weight is 420 g/mol. The minimum absolute atomic E-state index is 0.0841. The molecule has 1 amide bonds. The van der Waals surface area contributed by atoms with Crippen LogP contribution in [0.15, 0.2) is 42.6 Å². The van der Waals surface area contributed by atoms with Gasteiger partial charge in [0.05, 0.1) is 5.69 Å². The number of piperazine rings is 1. The highest BCUT2D eigenvalue weighted by molar-refractivity contribution is 5.94. The molecule has 6 heteroatoms. The molecule has 1 aliphatic rings. The van der Waals surface area contributed by atoms with Crippen LogP contribution < -0.4 is 15.5 Å². The number of nitrogens with one attached hydrogen (secondary N) is 2. The summed E-state index contributed by atoms with van der Waals surface area (Å²) in [6.45, 7) is 13.1. The summed E-state index contributed by atoms with van der Waals surface area (Å²) in [5.74, 6) is -0.0841. The fourth-order valence-electron chi connectivity index (χ4n) is 4.08. The van der Waals surface area contributed by atoms with E-state index in [1.807, 2.05) is 17.5 Å².